The van der Waals surface area contributed by atoms with Crippen molar-refractivity contribution in [1.82, 2.24) is 4.98 Å². The highest BCUT2D eigenvalue weighted by Gasteiger charge is 2.29. The number of carbonyl (C=O) groups is 1. The van der Waals surface area contributed by atoms with Crippen LogP contribution in [0.2, 0.25) is 0 Å². The quantitative estimate of drug-likeness (QED) is 0.781. The molecule has 3 aromatic rings. The average Bonchev–Trinajstić information content (AvgIpc) is 3.09. The average molecular weight is 308 g/mol. The van der Waals surface area contributed by atoms with Crippen LogP contribution in [0, 0.1) is 0 Å². The third kappa shape index (κ3) is 2.25. The van der Waals surface area contributed by atoms with E-state index in [1.165, 1.54) is 0 Å². The molecule has 5 heteroatoms. The Bertz CT molecular complexity index is 816. The monoisotopic (exact) mass is 308 g/mol. The third-order valence-electron chi connectivity index (χ3n) is 3.55. The van der Waals surface area contributed by atoms with Gasteiger partial charge in [0.05, 0.1) is 16.9 Å². The van der Waals surface area contributed by atoms with Crippen molar-refractivity contribution in [3.63, 3.8) is 0 Å². The topological polar surface area (TPSA) is 51.2 Å². The number of hydrogen-bond acceptors (Lipinski definition) is 4. The van der Waals surface area contributed by atoms with Crippen LogP contribution >= 0.6 is 11.3 Å². The van der Waals surface area contributed by atoms with Crippen molar-refractivity contribution >= 4 is 22.9 Å². The van der Waals surface area contributed by atoms with Crippen molar-refractivity contribution in [2.75, 3.05) is 5.32 Å². The number of ether oxygens (including phenoxy) is 1. The van der Waals surface area contributed by atoms with E-state index in [1.54, 1.807) is 16.8 Å². The lowest BCUT2D eigenvalue weighted by molar-refractivity contribution is -0.123. The molecular formula is C17H12N2O2S. The molecule has 0 spiro atoms. The first-order chi connectivity index (χ1) is 10.8. The molecule has 1 aliphatic rings. The zero-order valence-electron chi connectivity index (χ0n) is 11.5. The lowest BCUT2D eigenvalue weighted by atomic mass is 10.1. The molecule has 0 bridgehead atoms. The maximum Gasteiger partial charge on any atom is 0.270 e. The lowest BCUT2D eigenvalue weighted by Crippen LogP contribution is -2.30. The molecular weight excluding hydrogens is 296 g/mol. The van der Waals surface area contributed by atoms with Crippen LogP contribution in [-0.2, 0) is 4.79 Å². The minimum Gasteiger partial charge on any atom is -0.474 e. The van der Waals surface area contributed by atoms with E-state index in [2.05, 4.69) is 10.3 Å². The van der Waals surface area contributed by atoms with E-state index < -0.39 is 6.10 Å². The van der Waals surface area contributed by atoms with Gasteiger partial charge in [-0.1, -0.05) is 30.3 Å². The smallest absolute Gasteiger partial charge is 0.270 e. The van der Waals surface area contributed by atoms with Crippen LogP contribution in [0.5, 0.6) is 5.75 Å². The number of amides is 1. The van der Waals surface area contributed by atoms with Gasteiger partial charge in [0.2, 0.25) is 6.10 Å². The van der Waals surface area contributed by atoms with Crippen LogP contribution in [0.25, 0.3) is 11.3 Å². The Balaban J connectivity index is 1.69. The summed E-state index contributed by atoms with van der Waals surface area (Å²) in [6.45, 7) is 0. The van der Waals surface area contributed by atoms with Crippen molar-refractivity contribution in [2.24, 2.45) is 0 Å². The van der Waals surface area contributed by atoms with Gasteiger partial charge < -0.3 is 10.1 Å². The molecule has 0 fully saturated rings. The van der Waals surface area contributed by atoms with E-state index in [0.717, 1.165) is 16.8 Å². The predicted molar refractivity (Wildman–Crippen MR) is 86.0 cm³/mol. The summed E-state index contributed by atoms with van der Waals surface area (Å²) in [7, 11) is 0. The minimum absolute atomic E-state index is 0.158. The van der Waals surface area contributed by atoms with Crippen LogP contribution in [0.1, 0.15) is 11.7 Å². The molecule has 1 unspecified atom stereocenters. The third-order valence-corrected chi connectivity index (χ3v) is 4.14. The van der Waals surface area contributed by atoms with Crippen molar-refractivity contribution < 1.29 is 9.53 Å². The zero-order chi connectivity index (χ0) is 14.9. The largest absolute Gasteiger partial charge is 0.474 e. The van der Waals surface area contributed by atoms with Gasteiger partial charge in [0.25, 0.3) is 5.91 Å². The molecule has 1 amide bonds. The normalized spacial score (nSPS) is 16.5. The first kappa shape index (κ1) is 13.0. The molecule has 2 heterocycles. The van der Waals surface area contributed by atoms with Gasteiger partial charge in [-0.15, -0.1) is 11.3 Å². The molecule has 1 aliphatic heterocycles. The highest BCUT2D eigenvalue weighted by Crippen LogP contribution is 2.37. The molecule has 108 valence electrons. The highest BCUT2D eigenvalue weighted by atomic mass is 32.1. The van der Waals surface area contributed by atoms with Gasteiger partial charge in [0.15, 0.2) is 0 Å². The second-order valence-electron chi connectivity index (χ2n) is 4.98. The number of nitrogens with one attached hydrogen (secondary N) is 1. The fourth-order valence-corrected chi connectivity index (χ4v) is 3.03. The Labute approximate surface area is 131 Å². The van der Waals surface area contributed by atoms with Crippen LogP contribution in [-0.4, -0.2) is 10.9 Å². The van der Waals surface area contributed by atoms with Crippen molar-refractivity contribution in [1.29, 1.82) is 0 Å². The summed E-state index contributed by atoms with van der Waals surface area (Å²) in [4.78, 5) is 16.6. The van der Waals surface area contributed by atoms with Gasteiger partial charge in [0, 0.05) is 16.5 Å². The van der Waals surface area contributed by atoms with E-state index >= 15 is 0 Å². The molecule has 1 atom stereocenters. The molecule has 2 aromatic carbocycles. The first-order valence-electron chi connectivity index (χ1n) is 6.86. The molecule has 1 aromatic heterocycles. The van der Waals surface area contributed by atoms with Crippen LogP contribution in [0.3, 0.4) is 0 Å². The fraction of sp³-hybridized carbons (Fsp3) is 0.0588. The number of hydrogen-bond donors (Lipinski definition) is 1. The fourth-order valence-electron chi connectivity index (χ4n) is 2.47. The number of benzene rings is 2. The van der Waals surface area contributed by atoms with E-state index in [1.807, 2.05) is 53.9 Å². The van der Waals surface area contributed by atoms with Gasteiger partial charge in [-0.3, -0.25) is 4.79 Å². The highest BCUT2D eigenvalue weighted by molar-refractivity contribution is 7.07. The zero-order valence-corrected chi connectivity index (χ0v) is 12.3. The Morgan fingerprint density at radius 3 is 2.77 bits per heavy atom. The molecule has 0 saturated carbocycles. The van der Waals surface area contributed by atoms with E-state index in [-0.39, 0.29) is 5.91 Å². The molecule has 22 heavy (non-hydrogen) atoms. The van der Waals surface area contributed by atoms with Gasteiger partial charge >= 0.3 is 0 Å². The summed E-state index contributed by atoms with van der Waals surface area (Å²) >= 11 is 1.54. The molecule has 1 N–H and O–H groups in total. The Morgan fingerprint density at radius 1 is 1.14 bits per heavy atom. The summed E-state index contributed by atoms with van der Waals surface area (Å²) in [5, 5.41) is 4.89. The number of nitrogens with zero attached hydrogens (tertiary/aromatic N) is 1. The van der Waals surface area contributed by atoms with Crippen molar-refractivity contribution in [3.8, 4) is 17.0 Å². The van der Waals surface area contributed by atoms with Crippen LogP contribution in [0.4, 0.5) is 5.69 Å². The number of aromatic nitrogens is 1. The maximum atomic E-state index is 12.3. The Kier molecular flexibility index (Phi) is 3.12. The van der Waals surface area contributed by atoms with Gasteiger partial charge in [-0.05, 0) is 18.2 Å². The number of rotatable bonds is 2. The van der Waals surface area contributed by atoms with Gasteiger partial charge in [0.1, 0.15) is 5.75 Å². The summed E-state index contributed by atoms with van der Waals surface area (Å²) in [6.07, 6.45) is -0.612. The number of fused-ring (bicyclic) bond motifs is 1. The molecule has 0 radical (unpaired) electrons. The van der Waals surface area contributed by atoms with Crippen molar-refractivity contribution in [2.45, 2.75) is 6.10 Å². The number of thiazole rings is 1. The summed E-state index contributed by atoms with van der Waals surface area (Å²) < 4.78 is 5.87. The lowest BCUT2D eigenvalue weighted by Gasteiger charge is -2.26. The van der Waals surface area contributed by atoms with Crippen LogP contribution < -0.4 is 10.1 Å². The maximum absolute atomic E-state index is 12.3. The number of anilines is 1. The molecule has 0 aliphatic carbocycles. The first-order valence-corrected chi connectivity index (χ1v) is 7.80. The SMILES string of the molecule is O=C1Nc2cc(-c3cscn3)ccc2OC1c1ccccc1. The molecule has 0 saturated heterocycles. The van der Waals surface area contributed by atoms with Gasteiger partial charge in [-0.2, -0.15) is 0 Å². The summed E-state index contributed by atoms with van der Waals surface area (Å²) in [6, 6.07) is 15.2. The van der Waals surface area contributed by atoms with Crippen LogP contribution in [0.15, 0.2) is 59.4 Å². The minimum atomic E-state index is -0.612. The van der Waals surface area contributed by atoms with E-state index in [0.29, 0.717) is 11.4 Å². The van der Waals surface area contributed by atoms with Gasteiger partial charge in [-0.25, -0.2) is 4.98 Å². The summed E-state index contributed by atoms with van der Waals surface area (Å²) in [5.74, 6) is 0.515. The van der Waals surface area contributed by atoms with E-state index in [4.69, 9.17) is 4.74 Å². The van der Waals surface area contributed by atoms with E-state index in [9.17, 15) is 4.79 Å². The predicted octanol–water partition coefficient (Wildman–Crippen LogP) is 3.88. The standard InChI is InChI=1S/C17H12N2O2S/c20-17-16(11-4-2-1-3-5-11)21-15-7-6-12(8-13(15)19-17)14-9-22-10-18-14/h1-10,16H,(H,19,20). The Hall–Kier alpha value is -2.66. The Morgan fingerprint density at radius 2 is 2.00 bits per heavy atom. The molecule has 4 nitrogen and oxygen atoms in total. The molecule has 4 rings (SSSR count). The second kappa shape index (κ2) is 5.27. The second-order valence-corrected chi connectivity index (χ2v) is 5.70. The summed E-state index contributed by atoms with van der Waals surface area (Å²) in [5.41, 5.74) is 5.17. The van der Waals surface area contributed by atoms with Crippen molar-refractivity contribution in [3.05, 3.63) is 65.0 Å². The number of carbonyl (C=O) groups excluding carboxylic acids is 1.